The summed E-state index contributed by atoms with van der Waals surface area (Å²) in [6, 6.07) is 0. The zero-order valence-corrected chi connectivity index (χ0v) is 13.3. The molecular weight excluding hydrogens is 256 g/mol. The monoisotopic (exact) mass is 290 g/mol. The predicted molar refractivity (Wildman–Crippen MR) is 82.8 cm³/mol. The predicted octanol–water partition coefficient (Wildman–Crippen LogP) is 3.60. The zero-order chi connectivity index (χ0) is 15.6. The highest BCUT2D eigenvalue weighted by Crippen LogP contribution is 2.10. The van der Waals surface area contributed by atoms with Crippen molar-refractivity contribution in [1.29, 1.82) is 0 Å². The lowest BCUT2D eigenvalue weighted by Crippen LogP contribution is -1.94. The second kappa shape index (κ2) is 18.4. The standard InChI is InChI=1S/C10H20O2.C6H14O2/c1-9(2)7-5-3-4-6-8-10(11)12;7-5-3-1-2-4-6-8/h9H,3-8H2,1-2H3,(H,11,12);7-8H,1-6H2. The Labute approximate surface area is 124 Å². The van der Waals surface area contributed by atoms with Gasteiger partial charge in [-0.3, -0.25) is 4.79 Å². The molecule has 0 aliphatic heterocycles. The highest BCUT2D eigenvalue weighted by Gasteiger charge is 1.97. The summed E-state index contributed by atoms with van der Waals surface area (Å²) in [5, 5.41) is 25.0. The smallest absolute Gasteiger partial charge is 0.303 e. The van der Waals surface area contributed by atoms with Gasteiger partial charge in [0.25, 0.3) is 0 Å². The average Bonchev–Trinajstić information content (AvgIpc) is 2.39. The summed E-state index contributed by atoms with van der Waals surface area (Å²) in [6.45, 7) is 5.01. The van der Waals surface area contributed by atoms with Crippen molar-refractivity contribution >= 4 is 5.97 Å². The van der Waals surface area contributed by atoms with Crippen LogP contribution in [0.25, 0.3) is 0 Å². The summed E-state index contributed by atoms with van der Waals surface area (Å²) in [4.78, 5) is 10.1. The van der Waals surface area contributed by atoms with Crippen LogP contribution >= 0.6 is 0 Å². The SMILES string of the molecule is CC(C)CCCCCCC(=O)O.OCCCCCCO. The number of carbonyl (C=O) groups is 1. The van der Waals surface area contributed by atoms with E-state index in [0.717, 1.165) is 44.4 Å². The van der Waals surface area contributed by atoms with Gasteiger partial charge in [0, 0.05) is 19.6 Å². The molecule has 20 heavy (non-hydrogen) atoms. The molecule has 0 unspecified atom stereocenters. The fourth-order valence-electron chi connectivity index (χ4n) is 1.76. The van der Waals surface area contributed by atoms with Crippen LogP contribution < -0.4 is 0 Å². The van der Waals surface area contributed by atoms with Crippen molar-refractivity contribution < 1.29 is 20.1 Å². The normalized spacial score (nSPS) is 10.2. The van der Waals surface area contributed by atoms with Crippen molar-refractivity contribution in [2.24, 2.45) is 5.92 Å². The Hall–Kier alpha value is -0.610. The van der Waals surface area contributed by atoms with Gasteiger partial charge in [0.15, 0.2) is 0 Å². The number of unbranched alkanes of at least 4 members (excludes halogenated alkanes) is 6. The van der Waals surface area contributed by atoms with E-state index in [0.29, 0.717) is 6.42 Å². The number of hydrogen-bond acceptors (Lipinski definition) is 3. The maximum atomic E-state index is 10.1. The summed E-state index contributed by atoms with van der Waals surface area (Å²) >= 11 is 0. The number of aliphatic hydroxyl groups is 2. The quantitative estimate of drug-likeness (QED) is 0.480. The van der Waals surface area contributed by atoms with Gasteiger partial charge >= 0.3 is 5.97 Å². The molecular formula is C16H34O4. The summed E-state index contributed by atoms with van der Waals surface area (Å²) in [6.07, 6.45) is 9.78. The van der Waals surface area contributed by atoms with Gasteiger partial charge in [-0.1, -0.05) is 52.4 Å². The second-order valence-corrected chi connectivity index (χ2v) is 5.60. The summed E-state index contributed by atoms with van der Waals surface area (Å²) in [5.74, 6) is 0.114. The van der Waals surface area contributed by atoms with Crippen molar-refractivity contribution in [3.8, 4) is 0 Å². The molecule has 0 aliphatic carbocycles. The van der Waals surface area contributed by atoms with Crippen LogP contribution in [0.15, 0.2) is 0 Å². The highest BCUT2D eigenvalue weighted by molar-refractivity contribution is 5.66. The molecule has 0 bridgehead atoms. The molecule has 0 radical (unpaired) electrons. The lowest BCUT2D eigenvalue weighted by atomic mass is 10.0. The molecule has 0 aromatic heterocycles. The summed E-state index contributed by atoms with van der Waals surface area (Å²) in [5.41, 5.74) is 0. The van der Waals surface area contributed by atoms with E-state index >= 15 is 0 Å². The third-order valence-corrected chi connectivity index (χ3v) is 2.99. The van der Waals surface area contributed by atoms with Gasteiger partial charge in [-0.05, 0) is 25.2 Å². The van der Waals surface area contributed by atoms with Crippen LogP contribution in [-0.2, 0) is 4.79 Å². The van der Waals surface area contributed by atoms with Crippen LogP contribution in [0.1, 0.15) is 78.1 Å². The number of carboxylic acid groups (broad SMARTS) is 1. The molecule has 0 amide bonds. The van der Waals surface area contributed by atoms with Crippen LogP contribution in [0, 0.1) is 5.92 Å². The van der Waals surface area contributed by atoms with Crippen LogP contribution in [-0.4, -0.2) is 34.5 Å². The molecule has 122 valence electrons. The van der Waals surface area contributed by atoms with Crippen LogP contribution in [0.5, 0.6) is 0 Å². The van der Waals surface area contributed by atoms with Gasteiger partial charge in [-0.25, -0.2) is 0 Å². The van der Waals surface area contributed by atoms with E-state index in [-0.39, 0.29) is 13.2 Å². The van der Waals surface area contributed by atoms with Crippen molar-refractivity contribution in [2.45, 2.75) is 78.1 Å². The van der Waals surface area contributed by atoms with E-state index < -0.39 is 5.97 Å². The minimum atomic E-state index is -0.668. The Morgan fingerprint density at radius 3 is 1.65 bits per heavy atom. The Morgan fingerprint density at radius 2 is 1.25 bits per heavy atom. The molecule has 0 saturated heterocycles. The third kappa shape index (κ3) is 26.1. The van der Waals surface area contributed by atoms with E-state index in [2.05, 4.69) is 13.8 Å². The first-order valence-corrected chi connectivity index (χ1v) is 7.98. The van der Waals surface area contributed by atoms with Gasteiger partial charge in [-0.15, -0.1) is 0 Å². The summed E-state index contributed by atoms with van der Waals surface area (Å²) < 4.78 is 0. The highest BCUT2D eigenvalue weighted by atomic mass is 16.4. The lowest BCUT2D eigenvalue weighted by molar-refractivity contribution is -0.137. The maximum absolute atomic E-state index is 10.1. The van der Waals surface area contributed by atoms with Gasteiger partial charge in [0.05, 0.1) is 0 Å². The van der Waals surface area contributed by atoms with Gasteiger partial charge in [0.1, 0.15) is 0 Å². The number of rotatable bonds is 12. The van der Waals surface area contributed by atoms with Gasteiger partial charge in [0.2, 0.25) is 0 Å². The molecule has 0 aromatic rings. The lowest BCUT2D eigenvalue weighted by Gasteiger charge is -2.02. The largest absolute Gasteiger partial charge is 0.481 e. The Balaban J connectivity index is 0. The molecule has 0 rings (SSSR count). The molecule has 0 aromatic carbocycles. The van der Waals surface area contributed by atoms with Crippen molar-refractivity contribution in [3.05, 3.63) is 0 Å². The first-order chi connectivity index (χ1) is 9.54. The maximum Gasteiger partial charge on any atom is 0.303 e. The fourth-order valence-corrected chi connectivity index (χ4v) is 1.76. The molecule has 0 saturated carbocycles. The molecule has 4 nitrogen and oxygen atoms in total. The number of hydrogen-bond donors (Lipinski definition) is 3. The molecule has 0 heterocycles. The molecule has 0 spiro atoms. The molecule has 0 aliphatic rings. The van der Waals surface area contributed by atoms with E-state index in [9.17, 15) is 4.79 Å². The van der Waals surface area contributed by atoms with Gasteiger partial charge in [-0.2, -0.15) is 0 Å². The number of carboxylic acids is 1. The Morgan fingerprint density at radius 1 is 0.800 bits per heavy atom. The Kier molecular flexibility index (Phi) is 19.9. The first-order valence-electron chi connectivity index (χ1n) is 7.98. The van der Waals surface area contributed by atoms with Crippen molar-refractivity contribution in [1.82, 2.24) is 0 Å². The summed E-state index contributed by atoms with van der Waals surface area (Å²) in [7, 11) is 0. The molecule has 3 N–H and O–H groups in total. The van der Waals surface area contributed by atoms with E-state index in [1.54, 1.807) is 0 Å². The van der Waals surface area contributed by atoms with Crippen LogP contribution in [0.3, 0.4) is 0 Å². The van der Waals surface area contributed by atoms with Crippen molar-refractivity contribution in [3.63, 3.8) is 0 Å². The molecule has 0 fully saturated rings. The fraction of sp³-hybridized carbons (Fsp3) is 0.938. The number of aliphatic carboxylic acids is 1. The average molecular weight is 290 g/mol. The van der Waals surface area contributed by atoms with Crippen LogP contribution in [0.4, 0.5) is 0 Å². The Bertz CT molecular complexity index is 187. The number of aliphatic hydroxyl groups excluding tert-OH is 2. The molecule has 4 heteroatoms. The van der Waals surface area contributed by atoms with Gasteiger partial charge < -0.3 is 15.3 Å². The van der Waals surface area contributed by atoms with E-state index in [4.69, 9.17) is 15.3 Å². The third-order valence-electron chi connectivity index (χ3n) is 2.99. The minimum absolute atomic E-state index is 0.283. The van der Waals surface area contributed by atoms with E-state index in [1.807, 2.05) is 0 Å². The topological polar surface area (TPSA) is 77.8 Å². The van der Waals surface area contributed by atoms with Crippen LogP contribution in [0.2, 0.25) is 0 Å². The van der Waals surface area contributed by atoms with Crippen molar-refractivity contribution in [2.75, 3.05) is 13.2 Å². The first kappa shape index (κ1) is 21.7. The zero-order valence-electron chi connectivity index (χ0n) is 13.3. The minimum Gasteiger partial charge on any atom is -0.481 e. The van der Waals surface area contributed by atoms with E-state index in [1.165, 1.54) is 19.3 Å². The molecule has 0 atom stereocenters. The second-order valence-electron chi connectivity index (χ2n) is 5.60.